The van der Waals surface area contributed by atoms with E-state index >= 15 is 0 Å². The molecule has 0 aromatic carbocycles. The molecule has 0 bridgehead atoms. The first-order valence-electron chi connectivity index (χ1n) is 14.8. The second kappa shape index (κ2) is 16.4. The summed E-state index contributed by atoms with van der Waals surface area (Å²) in [5, 5.41) is 0. The molecule has 7 heteroatoms. The molecule has 39 heavy (non-hydrogen) atoms. The minimum Gasteiger partial charge on any atom is -0.469 e. The van der Waals surface area contributed by atoms with Crippen LogP contribution in [0.25, 0.3) is 0 Å². The van der Waals surface area contributed by atoms with Gasteiger partial charge in [0.15, 0.2) is 0 Å². The number of carbonyl (C=O) groups is 3. The van der Waals surface area contributed by atoms with Crippen molar-refractivity contribution >= 4 is 17.8 Å². The molecule has 0 N–H and O–H groups in total. The lowest BCUT2D eigenvalue weighted by molar-refractivity contribution is -0.155. The summed E-state index contributed by atoms with van der Waals surface area (Å²) in [5.74, 6) is -0.631. The van der Waals surface area contributed by atoms with E-state index in [4.69, 9.17) is 4.74 Å². The lowest BCUT2D eigenvalue weighted by atomic mass is 9.76. The lowest BCUT2D eigenvalue weighted by Crippen LogP contribution is -2.63. The average molecular weight is 553 g/mol. The summed E-state index contributed by atoms with van der Waals surface area (Å²) in [6.07, 6.45) is 9.95. The topological polar surface area (TPSA) is 76.2 Å². The van der Waals surface area contributed by atoms with Gasteiger partial charge in [-0.2, -0.15) is 0 Å². The molecule has 0 aromatic rings. The number of allylic oxidation sites excluding steroid dienone is 1. The fraction of sp³-hybridized carbons (Fsp3) is 0.844. The van der Waals surface area contributed by atoms with Crippen LogP contribution in [0.4, 0.5) is 0 Å². The van der Waals surface area contributed by atoms with Crippen LogP contribution < -0.4 is 0 Å². The monoisotopic (exact) mass is 552 g/mol. The lowest BCUT2D eigenvalue weighted by Gasteiger charge is -2.55. The molecule has 0 radical (unpaired) electrons. The van der Waals surface area contributed by atoms with Crippen LogP contribution in [-0.2, 0) is 23.9 Å². The number of esters is 2. The van der Waals surface area contributed by atoms with Crippen LogP contribution in [0.3, 0.4) is 0 Å². The van der Waals surface area contributed by atoms with Crippen LogP contribution >= 0.6 is 0 Å². The third kappa shape index (κ3) is 10.9. The van der Waals surface area contributed by atoms with Gasteiger partial charge in [0.1, 0.15) is 0 Å². The van der Waals surface area contributed by atoms with Gasteiger partial charge in [-0.25, -0.2) is 0 Å². The van der Waals surface area contributed by atoms with E-state index in [0.717, 1.165) is 31.4 Å². The third-order valence-electron chi connectivity index (χ3n) is 8.83. The molecule has 0 aromatic heterocycles. The molecular formula is C32H60N2O5. The highest BCUT2D eigenvalue weighted by Gasteiger charge is 2.45. The molecule has 1 rings (SSSR count). The van der Waals surface area contributed by atoms with Crippen LogP contribution in [-0.4, -0.2) is 72.6 Å². The summed E-state index contributed by atoms with van der Waals surface area (Å²) in [4.78, 5) is 40.4. The summed E-state index contributed by atoms with van der Waals surface area (Å²) in [6, 6.07) is 0.329. The van der Waals surface area contributed by atoms with Gasteiger partial charge in [-0.15, -0.1) is 0 Å². The van der Waals surface area contributed by atoms with Gasteiger partial charge in [-0.05, 0) is 87.6 Å². The third-order valence-corrected chi connectivity index (χ3v) is 8.83. The maximum absolute atomic E-state index is 13.0. The van der Waals surface area contributed by atoms with E-state index in [1.807, 2.05) is 26.8 Å². The summed E-state index contributed by atoms with van der Waals surface area (Å²) in [5.41, 5.74) is 0.485. The molecule has 7 nitrogen and oxygen atoms in total. The van der Waals surface area contributed by atoms with Gasteiger partial charge >= 0.3 is 11.9 Å². The Labute approximate surface area is 240 Å². The van der Waals surface area contributed by atoms with E-state index in [1.54, 1.807) is 13.8 Å². The molecule has 1 heterocycles. The standard InChI is InChI=1S/C21H40N2O.C11H20O4/c1-9-11-12-13-14-23(19(24)17(3)10-2)18-15-20(4,5)22(8)21(6,7)16-18;1-6-11(3,10(13)15-5)7-8(2)9(12)14-4/h10,18H,9,11-16H2,1-8H3;8H,6-7H2,1-5H3. The first-order valence-corrected chi connectivity index (χ1v) is 14.8. The van der Waals surface area contributed by atoms with E-state index in [0.29, 0.717) is 18.9 Å². The molecular weight excluding hydrogens is 492 g/mol. The van der Waals surface area contributed by atoms with Crippen LogP contribution in [0.5, 0.6) is 0 Å². The highest BCUT2D eigenvalue weighted by Crippen LogP contribution is 2.39. The second-order valence-corrected chi connectivity index (χ2v) is 12.8. The molecule has 0 spiro atoms. The van der Waals surface area contributed by atoms with Gasteiger partial charge in [0.25, 0.3) is 0 Å². The van der Waals surface area contributed by atoms with Crippen molar-refractivity contribution in [1.29, 1.82) is 0 Å². The Balaban J connectivity index is 0.000000830. The van der Waals surface area contributed by atoms with Crippen LogP contribution in [0.15, 0.2) is 11.6 Å². The van der Waals surface area contributed by atoms with Gasteiger partial charge in [-0.1, -0.05) is 46.1 Å². The minimum atomic E-state index is -0.609. The van der Waals surface area contributed by atoms with Crippen molar-refractivity contribution in [3.63, 3.8) is 0 Å². The van der Waals surface area contributed by atoms with Crippen molar-refractivity contribution in [3.05, 3.63) is 11.6 Å². The van der Waals surface area contributed by atoms with Crippen molar-refractivity contribution in [2.75, 3.05) is 27.8 Å². The highest BCUT2D eigenvalue weighted by atomic mass is 16.5. The molecule has 0 saturated carbocycles. The molecule has 0 aliphatic carbocycles. The summed E-state index contributed by atoms with van der Waals surface area (Å²) in [6.45, 7) is 21.7. The number of likely N-dealkylation sites (tertiary alicyclic amines) is 1. The normalized spacial score (nSPS) is 19.7. The number of methoxy groups -OCH3 is 2. The SMILES string of the molecule is CC=C(C)C(=O)N(CCCCCC)C1CC(C)(C)N(C)C(C)(C)C1.CCC(C)(CC(C)C(=O)OC)C(=O)OC. The number of rotatable bonds is 12. The van der Waals surface area contributed by atoms with Crippen LogP contribution in [0.2, 0.25) is 0 Å². The Morgan fingerprint density at radius 2 is 1.56 bits per heavy atom. The number of amides is 1. The van der Waals surface area contributed by atoms with Gasteiger partial charge in [0, 0.05) is 29.2 Å². The van der Waals surface area contributed by atoms with E-state index in [-0.39, 0.29) is 34.8 Å². The fourth-order valence-corrected chi connectivity index (χ4v) is 5.63. The van der Waals surface area contributed by atoms with Crippen molar-refractivity contribution in [2.45, 2.75) is 138 Å². The Kier molecular flexibility index (Phi) is 15.6. The van der Waals surface area contributed by atoms with Gasteiger partial charge in [0.05, 0.1) is 25.6 Å². The first-order chi connectivity index (χ1) is 18.0. The van der Waals surface area contributed by atoms with Crippen LogP contribution in [0, 0.1) is 11.3 Å². The molecule has 2 unspecified atom stereocenters. The Hall–Kier alpha value is -1.89. The largest absolute Gasteiger partial charge is 0.469 e. The Morgan fingerprint density at radius 1 is 1.03 bits per heavy atom. The highest BCUT2D eigenvalue weighted by molar-refractivity contribution is 5.93. The minimum absolute atomic E-state index is 0.109. The summed E-state index contributed by atoms with van der Waals surface area (Å²) in [7, 11) is 4.93. The van der Waals surface area contributed by atoms with Gasteiger partial charge in [-0.3, -0.25) is 19.3 Å². The van der Waals surface area contributed by atoms with Crippen molar-refractivity contribution in [3.8, 4) is 0 Å². The van der Waals surface area contributed by atoms with E-state index < -0.39 is 5.41 Å². The smallest absolute Gasteiger partial charge is 0.311 e. The molecule has 1 aliphatic rings. The summed E-state index contributed by atoms with van der Waals surface area (Å²) >= 11 is 0. The number of unbranched alkanes of at least 4 members (excludes halogenated alkanes) is 3. The molecule has 1 amide bonds. The Morgan fingerprint density at radius 3 is 1.97 bits per heavy atom. The molecule has 1 aliphatic heterocycles. The van der Waals surface area contributed by atoms with E-state index in [2.05, 4.69) is 56.2 Å². The number of piperidine rings is 1. The number of hydrogen-bond acceptors (Lipinski definition) is 6. The van der Waals surface area contributed by atoms with E-state index in [1.165, 1.54) is 33.5 Å². The van der Waals surface area contributed by atoms with Gasteiger partial charge < -0.3 is 14.4 Å². The van der Waals surface area contributed by atoms with E-state index in [9.17, 15) is 14.4 Å². The van der Waals surface area contributed by atoms with Crippen molar-refractivity contribution in [2.24, 2.45) is 11.3 Å². The summed E-state index contributed by atoms with van der Waals surface area (Å²) < 4.78 is 9.35. The zero-order valence-corrected chi connectivity index (χ0v) is 27.5. The van der Waals surface area contributed by atoms with Crippen molar-refractivity contribution < 1.29 is 23.9 Å². The zero-order valence-electron chi connectivity index (χ0n) is 27.5. The number of hydrogen-bond donors (Lipinski definition) is 0. The predicted octanol–water partition coefficient (Wildman–Crippen LogP) is 6.79. The maximum atomic E-state index is 13.0. The Bertz CT molecular complexity index is 801. The molecule has 1 fully saturated rings. The molecule has 2 atom stereocenters. The van der Waals surface area contributed by atoms with Gasteiger partial charge in [0.2, 0.25) is 5.91 Å². The maximum Gasteiger partial charge on any atom is 0.311 e. The average Bonchev–Trinajstić information content (AvgIpc) is 2.89. The van der Waals surface area contributed by atoms with Crippen molar-refractivity contribution in [1.82, 2.24) is 9.80 Å². The molecule has 228 valence electrons. The first kappa shape index (κ1) is 37.1. The predicted molar refractivity (Wildman–Crippen MR) is 160 cm³/mol. The van der Waals surface area contributed by atoms with Crippen LogP contribution in [0.1, 0.15) is 121 Å². The number of nitrogens with zero attached hydrogens (tertiary/aromatic N) is 2. The number of carbonyl (C=O) groups excluding carboxylic acids is 3. The quantitative estimate of drug-likeness (QED) is 0.151. The zero-order chi connectivity index (χ0) is 30.6. The second-order valence-electron chi connectivity index (χ2n) is 12.8. The fourth-order valence-electron chi connectivity index (χ4n) is 5.63. The number of ether oxygens (including phenoxy) is 2. The molecule has 1 saturated heterocycles.